The maximum atomic E-state index is 12.0. The Hall–Kier alpha value is -1.09. The van der Waals surface area contributed by atoms with E-state index in [4.69, 9.17) is 10.5 Å². The van der Waals surface area contributed by atoms with Crippen LogP contribution in [0, 0.1) is 0 Å². The first-order chi connectivity index (χ1) is 5.86. The summed E-state index contributed by atoms with van der Waals surface area (Å²) in [6.07, 6.45) is 0. The van der Waals surface area contributed by atoms with Crippen LogP contribution in [-0.2, 0) is 6.67 Å². The molecule has 0 spiro atoms. The van der Waals surface area contributed by atoms with Crippen LogP contribution in [0.1, 0.15) is 5.56 Å². The molecule has 0 aliphatic heterocycles. The van der Waals surface area contributed by atoms with Crippen LogP contribution >= 0.6 is 0 Å². The average Bonchev–Trinajstić information content (AvgIpc) is 2.15. The Labute approximate surface area is 71.1 Å². The monoisotopic (exact) mass is 169 g/mol. The van der Waals surface area contributed by atoms with Gasteiger partial charge in [-0.15, -0.1) is 0 Å². The van der Waals surface area contributed by atoms with E-state index in [0.717, 1.165) is 5.75 Å². The van der Waals surface area contributed by atoms with Crippen molar-refractivity contribution in [3.8, 4) is 5.75 Å². The van der Waals surface area contributed by atoms with E-state index in [1.165, 1.54) is 0 Å². The SMILES string of the molecule is NCCOc1ccc(CF)cc1. The number of benzene rings is 1. The summed E-state index contributed by atoms with van der Waals surface area (Å²) in [4.78, 5) is 0. The maximum absolute atomic E-state index is 12.0. The van der Waals surface area contributed by atoms with Crippen LogP contribution in [0.2, 0.25) is 0 Å². The molecular formula is C9H12FNO. The van der Waals surface area contributed by atoms with Gasteiger partial charge in [-0.05, 0) is 17.7 Å². The normalized spacial score (nSPS) is 9.83. The summed E-state index contributed by atoms with van der Waals surface area (Å²) < 4.78 is 17.3. The highest BCUT2D eigenvalue weighted by molar-refractivity contribution is 5.26. The number of halogens is 1. The van der Waals surface area contributed by atoms with Crippen molar-refractivity contribution in [1.29, 1.82) is 0 Å². The zero-order valence-corrected chi connectivity index (χ0v) is 6.79. The Kier molecular flexibility index (Phi) is 3.54. The molecule has 0 bridgehead atoms. The molecule has 12 heavy (non-hydrogen) atoms. The van der Waals surface area contributed by atoms with Gasteiger partial charge in [0.1, 0.15) is 19.0 Å². The Balaban J connectivity index is 2.53. The van der Waals surface area contributed by atoms with Gasteiger partial charge >= 0.3 is 0 Å². The second kappa shape index (κ2) is 4.72. The van der Waals surface area contributed by atoms with E-state index in [-0.39, 0.29) is 0 Å². The second-order valence-electron chi connectivity index (χ2n) is 2.41. The van der Waals surface area contributed by atoms with Crippen molar-refractivity contribution in [2.45, 2.75) is 6.67 Å². The van der Waals surface area contributed by atoms with Crippen molar-refractivity contribution in [1.82, 2.24) is 0 Å². The highest BCUT2D eigenvalue weighted by Gasteiger charge is 1.93. The summed E-state index contributed by atoms with van der Waals surface area (Å²) >= 11 is 0. The van der Waals surface area contributed by atoms with Gasteiger partial charge < -0.3 is 10.5 Å². The quantitative estimate of drug-likeness (QED) is 0.741. The number of ether oxygens (including phenoxy) is 1. The third kappa shape index (κ3) is 2.51. The molecule has 2 N–H and O–H groups in total. The van der Waals surface area contributed by atoms with Crippen LogP contribution in [0.4, 0.5) is 4.39 Å². The van der Waals surface area contributed by atoms with Gasteiger partial charge in [-0.1, -0.05) is 12.1 Å². The van der Waals surface area contributed by atoms with E-state index in [0.29, 0.717) is 18.7 Å². The van der Waals surface area contributed by atoms with Crippen molar-refractivity contribution < 1.29 is 9.13 Å². The molecule has 0 atom stereocenters. The first kappa shape index (κ1) is 9.00. The minimum absolute atomic E-state index is 0.433. The van der Waals surface area contributed by atoms with Crippen molar-refractivity contribution in [2.75, 3.05) is 13.2 Å². The highest BCUT2D eigenvalue weighted by atomic mass is 19.1. The Bertz CT molecular complexity index is 222. The third-order valence-corrected chi connectivity index (χ3v) is 1.46. The molecule has 0 saturated heterocycles. The molecule has 1 rings (SSSR count). The number of alkyl halides is 1. The molecule has 0 radical (unpaired) electrons. The minimum Gasteiger partial charge on any atom is -0.492 e. The lowest BCUT2D eigenvalue weighted by atomic mass is 10.2. The van der Waals surface area contributed by atoms with Crippen LogP contribution in [0.25, 0.3) is 0 Å². The molecule has 0 fully saturated rings. The Morgan fingerprint density at radius 1 is 1.25 bits per heavy atom. The number of hydrogen-bond donors (Lipinski definition) is 1. The van der Waals surface area contributed by atoms with E-state index < -0.39 is 6.67 Å². The Morgan fingerprint density at radius 3 is 2.42 bits per heavy atom. The third-order valence-electron chi connectivity index (χ3n) is 1.46. The van der Waals surface area contributed by atoms with Gasteiger partial charge in [0.2, 0.25) is 0 Å². The second-order valence-corrected chi connectivity index (χ2v) is 2.41. The van der Waals surface area contributed by atoms with Crippen LogP contribution < -0.4 is 10.5 Å². The van der Waals surface area contributed by atoms with E-state index >= 15 is 0 Å². The molecule has 1 aromatic rings. The van der Waals surface area contributed by atoms with Gasteiger partial charge in [-0.3, -0.25) is 0 Å². The van der Waals surface area contributed by atoms with Crippen LogP contribution in [0.3, 0.4) is 0 Å². The summed E-state index contributed by atoms with van der Waals surface area (Å²) in [6, 6.07) is 6.88. The van der Waals surface area contributed by atoms with Crippen molar-refractivity contribution in [3.63, 3.8) is 0 Å². The molecule has 0 unspecified atom stereocenters. The summed E-state index contributed by atoms with van der Waals surface area (Å²) in [7, 11) is 0. The van der Waals surface area contributed by atoms with Gasteiger partial charge in [0.05, 0.1) is 0 Å². The van der Waals surface area contributed by atoms with Crippen LogP contribution in [0.15, 0.2) is 24.3 Å². The predicted molar refractivity (Wildman–Crippen MR) is 45.8 cm³/mol. The molecule has 0 heterocycles. The largest absolute Gasteiger partial charge is 0.492 e. The van der Waals surface area contributed by atoms with Gasteiger partial charge in [-0.25, -0.2) is 4.39 Å². The summed E-state index contributed by atoms with van der Waals surface area (Å²) in [5.41, 5.74) is 5.91. The molecule has 2 nitrogen and oxygen atoms in total. The minimum atomic E-state index is -0.433. The fraction of sp³-hybridized carbons (Fsp3) is 0.333. The molecule has 0 saturated carbocycles. The molecule has 1 aromatic carbocycles. The van der Waals surface area contributed by atoms with E-state index in [1.54, 1.807) is 24.3 Å². The lowest BCUT2D eigenvalue weighted by Crippen LogP contribution is -2.10. The van der Waals surface area contributed by atoms with Crippen molar-refractivity contribution in [3.05, 3.63) is 29.8 Å². The zero-order valence-electron chi connectivity index (χ0n) is 6.79. The lowest BCUT2D eigenvalue weighted by Gasteiger charge is -2.03. The molecule has 0 aliphatic rings. The molecule has 0 amide bonds. The van der Waals surface area contributed by atoms with Gasteiger partial charge in [0, 0.05) is 6.54 Å². The highest BCUT2D eigenvalue weighted by Crippen LogP contribution is 2.12. The van der Waals surface area contributed by atoms with Gasteiger partial charge in [-0.2, -0.15) is 0 Å². The predicted octanol–water partition coefficient (Wildman–Crippen LogP) is 1.49. The first-order valence-electron chi connectivity index (χ1n) is 3.84. The summed E-state index contributed by atoms with van der Waals surface area (Å²) in [5.74, 6) is 0.734. The molecule has 3 heteroatoms. The lowest BCUT2D eigenvalue weighted by molar-refractivity contribution is 0.328. The first-order valence-corrected chi connectivity index (χ1v) is 3.84. The number of hydrogen-bond acceptors (Lipinski definition) is 2. The average molecular weight is 169 g/mol. The van der Waals surface area contributed by atoms with E-state index in [9.17, 15) is 4.39 Å². The van der Waals surface area contributed by atoms with Crippen LogP contribution in [-0.4, -0.2) is 13.2 Å². The maximum Gasteiger partial charge on any atom is 0.119 e. The summed E-state index contributed by atoms with van der Waals surface area (Å²) in [6.45, 7) is 0.553. The van der Waals surface area contributed by atoms with Crippen molar-refractivity contribution in [2.24, 2.45) is 5.73 Å². The summed E-state index contributed by atoms with van der Waals surface area (Å²) in [5, 5.41) is 0. The number of rotatable bonds is 4. The van der Waals surface area contributed by atoms with E-state index in [1.807, 2.05) is 0 Å². The van der Waals surface area contributed by atoms with Crippen molar-refractivity contribution >= 4 is 0 Å². The smallest absolute Gasteiger partial charge is 0.119 e. The molecule has 0 aliphatic carbocycles. The zero-order chi connectivity index (χ0) is 8.81. The van der Waals surface area contributed by atoms with Gasteiger partial charge in [0.25, 0.3) is 0 Å². The Morgan fingerprint density at radius 2 is 1.92 bits per heavy atom. The molecule has 66 valence electrons. The van der Waals surface area contributed by atoms with Crippen LogP contribution in [0.5, 0.6) is 5.75 Å². The number of nitrogens with two attached hydrogens (primary N) is 1. The molecular weight excluding hydrogens is 157 g/mol. The fourth-order valence-corrected chi connectivity index (χ4v) is 0.852. The molecule has 0 aromatic heterocycles. The topological polar surface area (TPSA) is 35.2 Å². The van der Waals surface area contributed by atoms with E-state index in [2.05, 4.69) is 0 Å². The standard InChI is InChI=1S/C9H12FNO/c10-7-8-1-3-9(4-2-8)12-6-5-11/h1-4H,5-7,11H2. The fourth-order valence-electron chi connectivity index (χ4n) is 0.852. The van der Waals surface area contributed by atoms with Gasteiger partial charge in [0.15, 0.2) is 0 Å².